The highest BCUT2D eigenvalue weighted by Crippen LogP contribution is 2.20. The van der Waals surface area contributed by atoms with E-state index in [-0.39, 0.29) is 0 Å². The van der Waals surface area contributed by atoms with Crippen molar-refractivity contribution < 1.29 is 8.94 Å². The minimum Gasteiger partial charge on any atom is -0.461 e. The predicted molar refractivity (Wildman–Crippen MR) is 75.3 cm³/mol. The van der Waals surface area contributed by atoms with Crippen LogP contribution in [-0.4, -0.2) is 26.7 Å². The van der Waals surface area contributed by atoms with E-state index in [0.717, 1.165) is 30.7 Å². The summed E-state index contributed by atoms with van der Waals surface area (Å²) in [5.41, 5.74) is 7.22. The zero-order chi connectivity index (χ0) is 14.5. The van der Waals surface area contributed by atoms with Gasteiger partial charge >= 0.3 is 0 Å². The predicted octanol–water partition coefficient (Wildman–Crippen LogP) is 1.86. The highest BCUT2D eigenvalue weighted by Gasteiger charge is 2.10. The van der Waals surface area contributed by atoms with Gasteiger partial charge in [0.25, 0.3) is 0 Å². The summed E-state index contributed by atoms with van der Waals surface area (Å²) < 4.78 is 12.3. The Balaban J connectivity index is 1.61. The highest BCUT2D eigenvalue weighted by molar-refractivity contribution is 5.49. The number of nitrogens with two attached hydrogens (primary N) is 1. The van der Waals surface area contributed by atoms with Gasteiger partial charge in [0.2, 0.25) is 5.76 Å². The van der Waals surface area contributed by atoms with Crippen molar-refractivity contribution in [3.63, 3.8) is 0 Å². The molecular formula is C14H17N5O2. The topological polar surface area (TPSA) is 95.9 Å². The third-order valence-electron chi connectivity index (χ3n) is 3.12. The Kier molecular flexibility index (Phi) is 4.11. The Labute approximate surface area is 121 Å². The zero-order valence-electron chi connectivity index (χ0n) is 11.6. The molecule has 0 bridgehead atoms. The summed E-state index contributed by atoms with van der Waals surface area (Å²) >= 11 is 0. The molecule has 0 aliphatic carbocycles. The molecule has 3 rings (SSSR count). The van der Waals surface area contributed by atoms with Gasteiger partial charge in [0, 0.05) is 12.3 Å². The van der Waals surface area contributed by atoms with Crippen molar-refractivity contribution in [1.29, 1.82) is 0 Å². The van der Waals surface area contributed by atoms with E-state index in [1.54, 1.807) is 10.9 Å². The molecule has 7 heteroatoms. The van der Waals surface area contributed by atoms with Gasteiger partial charge in [-0.2, -0.15) is 0 Å². The molecule has 3 aromatic heterocycles. The van der Waals surface area contributed by atoms with E-state index in [4.69, 9.17) is 14.7 Å². The molecule has 110 valence electrons. The number of furan rings is 1. The van der Waals surface area contributed by atoms with Crippen LogP contribution in [0.2, 0.25) is 0 Å². The summed E-state index contributed by atoms with van der Waals surface area (Å²) in [5.74, 6) is 1.27. The van der Waals surface area contributed by atoms with Crippen LogP contribution in [0.4, 0.5) is 0 Å². The van der Waals surface area contributed by atoms with Crippen LogP contribution in [0, 0.1) is 0 Å². The number of rotatable bonds is 7. The number of nitrogens with zero attached hydrogens (tertiary/aromatic N) is 4. The van der Waals surface area contributed by atoms with Crippen molar-refractivity contribution in [2.24, 2.45) is 5.73 Å². The molecule has 0 aromatic carbocycles. The Morgan fingerprint density at radius 2 is 2.14 bits per heavy atom. The van der Waals surface area contributed by atoms with Crippen molar-refractivity contribution in [2.45, 2.75) is 25.8 Å². The maximum atomic E-state index is 5.47. The molecule has 7 nitrogen and oxygen atoms in total. The third kappa shape index (κ3) is 3.38. The van der Waals surface area contributed by atoms with Gasteiger partial charge in [-0.25, -0.2) is 4.68 Å². The SMILES string of the molecule is NCCCCc1cn(Cc2cc(-c3ccco3)on2)nn1. The monoisotopic (exact) mass is 287 g/mol. The molecule has 0 fully saturated rings. The Hall–Kier alpha value is -2.41. The maximum Gasteiger partial charge on any atom is 0.202 e. The molecule has 3 aromatic rings. The van der Waals surface area contributed by atoms with Gasteiger partial charge in [0.05, 0.1) is 18.5 Å². The molecule has 0 radical (unpaired) electrons. The van der Waals surface area contributed by atoms with Gasteiger partial charge in [-0.15, -0.1) is 5.10 Å². The third-order valence-corrected chi connectivity index (χ3v) is 3.12. The lowest BCUT2D eigenvalue weighted by atomic mass is 10.2. The highest BCUT2D eigenvalue weighted by atomic mass is 16.5. The van der Waals surface area contributed by atoms with Crippen LogP contribution >= 0.6 is 0 Å². The summed E-state index contributed by atoms with van der Waals surface area (Å²) in [7, 11) is 0. The molecule has 0 amide bonds. The van der Waals surface area contributed by atoms with Gasteiger partial charge in [-0.3, -0.25) is 0 Å². The first kappa shape index (κ1) is 13.6. The molecule has 0 unspecified atom stereocenters. The van der Waals surface area contributed by atoms with Crippen LogP contribution in [0.3, 0.4) is 0 Å². The maximum absolute atomic E-state index is 5.47. The number of hydrogen-bond donors (Lipinski definition) is 1. The Bertz CT molecular complexity index is 671. The van der Waals surface area contributed by atoms with Crippen LogP contribution in [0.25, 0.3) is 11.5 Å². The van der Waals surface area contributed by atoms with Gasteiger partial charge in [-0.05, 0) is 37.9 Å². The van der Waals surface area contributed by atoms with Crippen molar-refractivity contribution in [1.82, 2.24) is 20.2 Å². The second-order valence-electron chi connectivity index (χ2n) is 4.81. The number of aromatic nitrogens is 4. The zero-order valence-corrected chi connectivity index (χ0v) is 11.6. The molecule has 3 heterocycles. The fourth-order valence-electron chi connectivity index (χ4n) is 2.07. The second kappa shape index (κ2) is 6.36. The van der Waals surface area contributed by atoms with Gasteiger partial charge in [-0.1, -0.05) is 10.4 Å². The normalized spacial score (nSPS) is 11.1. The molecule has 0 atom stereocenters. The van der Waals surface area contributed by atoms with E-state index >= 15 is 0 Å². The first-order valence-corrected chi connectivity index (χ1v) is 6.93. The number of hydrogen-bond acceptors (Lipinski definition) is 6. The molecule has 0 spiro atoms. The summed E-state index contributed by atoms with van der Waals surface area (Å²) in [5, 5.41) is 12.2. The lowest BCUT2D eigenvalue weighted by Crippen LogP contribution is -2.00. The quantitative estimate of drug-likeness (QED) is 0.666. The summed E-state index contributed by atoms with van der Waals surface area (Å²) in [6.45, 7) is 1.23. The van der Waals surface area contributed by atoms with Crippen LogP contribution in [-0.2, 0) is 13.0 Å². The van der Waals surface area contributed by atoms with Crippen molar-refractivity contribution in [3.8, 4) is 11.5 Å². The van der Waals surface area contributed by atoms with E-state index in [1.807, 2.05) is 24.4 Å². The lowest BCUT2D eigenvalue weighted by molar-refractivity contribution is 0.407. The van der Waals surface area contributed by atoms with Crippen LogP contribution in [0.1, 0.15) is 24.2 Å². The van der Waals surface area contributed by atoms with Crippen LogP contribution in [0.5, 0.6) is 0 Å². The van der Waals surface area contributed by atoms with E-state index in [9.17, 15) is 0 Å². The minimum atomic E-state index is 0.522. The second-order valence-corrected chi connectivity index (χ2v) is 4.81. The molecule has 0 saturated heterocycles. The standard InChI is InChI=1S/C14H17N5O2/c15-6-2-1-4-11-9-19(18-16-11)10-12-8-14(21-17-12)13-5-3-7-20-13/h3,5,7-9H,1-2,4,6,10,15H2. The molecular weight excluding hydrogens is 270 g/mol. The first-order valence-electron chi connectivity index (χ1n) is 6.93. The Morgan fingerprint density at radius 1 is 1.19 bits per heavy atom. The van der Waals surface area contributed by atoms with Crippen LogP contribution in [0.15, 0.2) is 39.6 Å². The summed E-state index contributed by atoms with van der Waals surface area (Å²) in [6.07, 6.45) is 6.46. The van der Waals surface area contributed by atoms with E-state index < -0.39 is 0 Å². The molecule has 0 aliphatic rings. The molecule has 21 heavy (non-hydrogen) atoms. The first-order chi connectivity index (χ1) is 10.3. The van der Waals surface area contributed by atoms with Gasteiger partial charge in [0.15, 0.2) is 5.76 Å². The van der Waals surface area contributed by atoms with Gasteiger partial charge in [0.1, 0.15) is 5.69 Å². The van der Waals surface area contributed by atoms with Crippen LogP contribution < -0.4 is 5.73 Å². The van der Waals surface area contributed by atoms with Gasteiger partial charge < -0.3 is 14.7 Å². The van der Waals surface area contributed by atoms with E-state index in [2.05, 4.69) is 15.5 Å². The lowest BCUT2D eigenvalue weighted by Gasteiger charge is -1.94. The summed E-state index contributed by atoms with van der Waals surface area (Å²) in [6, 6.07) is 5.48. The fraction of sp³-hybridized carbons (Fsp3) is 0.357. The number of unbranched alkanes of at least 4 members (excludes halogenated alkanes) is 1. The largest absolute Gasteiger partial charge is 0.461 e. The number of aryl methyl sites for hydroxylation is 1. The smallest absolute Gasteiger partial charge is 0.202 e. The summed E-state index contributed by atoms with van der Waals surface area (Å²) in [4.78, 5) is 0. The minimum absolute atomic E-state index is 0.522. The average molecular weight is 287 g/mol. The molecule has 0 saturated carbocycles. The average Bonchev–Trinajstić information content (AvgIpc) is 3.20. The van der Waals surface area contributed by atoms with Crippen molar-refractivity contribution in [3.05, 3.63) is 42.0 Å². The fourth-order valence-corrected chi connectivity index (χ4v) is 2.07. The molecule has 2 N–H and O–H groups in total. The van der Waals surface area contributed by atoms with Crippen molar-refractivity contribution in [2.75, 3.05) is 6.54 Å². The molecule has 0 aliphatic heterocycles. The van der Waals surface area contributed by atoms with Crippen molar-refractivity contribution >= 4 is 0 Å². The Morgan fingerprint density at radius 3 is 2.95 bits per heavy atom. The van der Waals surface area contributed by atoms with E-state index in [1.165, 1.54) is 0 Å². The van der Waals surface area contributed by atoms with E-state index in [0.29, 0.717) is 24.6 Å².